The second kappa shape index (κ2) is 9.27. The Morgan fingerprint density at radius 1 is 1.04 bits per heavy atom. The first-order valence-corrected chi connectivity index (χ1v) is 9.83. The molecule has 2 aromatic rings. The first-order valence-electron chi connectivity index (χ1n) is 8.95. The summed E-state index contributed by atoms with van der Waals surface area (Å²) in [6.07, 6.45) is 1.87. The fourth-order valence-electron chi connectivity index (χ4n) is 2.46. The largest absolute Gasteiger partial charge is 0.456 e. The molecular weight excluding hydrogens is 380 g/mol. The number of ether oxygens (including phenoxy) is 1. The van der Waals surface area contributed by atoms with Crippen LogP contribution in [0.3, 0.4) is 0 Å². The first kappa shape index (κ1) is 19.8. The molecular formula is C20H20N2O5S. The number of carbonyl (C=O) groups excluding carboxylic acids is 4. The second-order valence-electron chi connectivity index (χ2n) is 6.40. The van der Waals surface area contributed by atoms with Gasteiger partial charge in [-0.2, -0.15) is 0 Å². The number of nitrogens with one attached hydrogen (secondary N) is 2. The predicted molar refractivity (Wildman–Crippen MR) is 104 cm³/mol. The van der Waals surface area contributed by atoms with E-state index in [0.29, 0.717) is 16.1 Å². The lowest BCUT2D eigenvalue weighted by Gasteiger charge is -2.11. The number of ketones is 1. The summed E-state index contributed by atoms with van der Waals surface area (Å²) in [5.41, 5.74) is 0.713. The van der Waals surface area contributed by atoms with E-state index in [1.807, 2.05) is 0 Å². The topological polar surface area (TPSA) is 102 Å². The molecule has 2 N–H and O–H groups in total. The van der Waals surface area contributed by atoms with Gasteiger partial charge in [-0.25, -0.2) is 0 Å². The molecule has 1 heterocycles. The van der Waals surface area contributed by atoms with Gasteiger partial charge in [0.05, 0.1) is 22.5 Å². The molecule has 7 nitrogen and oxygen atoms in total. The van der Waals surface area contributed by atoms with Crippen molar-refractivity contribution in [2.75, 3.05) is 11.9 Å². The average molecular weight is 400 g/mol. The maximum atomic E-state index is 12.2. The third-order valence-electron chi connectivity index (χ3n) is 4.07. The Balaban J connectivity index is 1.44. The second-order valence-corrected chi connectivity index (χ2v) is 7.35. The van der Waals surface area contributed by atoms with Gasteiger partial charge in [-0.15, -0.1) is 11.3 Å². The van der Waals surface area contributed by atoms with Gasteiger partial charge in [-0.05, 0) is 36.4 Å². The molecule has 146 valence electrons. The van der Waals surface area contributed by atoms with Crippen molar-refractivity contribution in [1.82, 2.24) is 5.32 Å². The Hall–Kier alpha value is -3.00. The van der Waals surface area contributed by atoms with E-state index in [4.69, 9.17) is 4.74 Å². The number of esters is 1. The van der Waals surface area contributed by atoms with Crippen LogP contribution >= 0.6 is 11.3 Å². The maximum absolute atomic E-state index is 12.2. The number of thiophene rings is 1. The number of Topliss-reactive ketones (excluding diaryl/α,β-unsaturated/α-hetero) is 1. The Morgan fingerprint density at radius 3 is 2.54 bits per heavy atom. The first-order chi connectivity index (χ1) is 13.5. The predicted octanol–water partition coefficient (Wildman–Crippen LogP) is 2.79. The summed E-state index contributed by atoms with van der Waals surface area (Å²) < 4.78 is 4.92. The van der Waals surface area contributed by atoms with Crippen molar-refractivity contribution in [2.45, 2.75) is 31.7 Å². The summed E-state index contributed by atoms with van der Waals surface area (Å²) in [7, 11) is 0. The van der Waals surface area contributed by atoms with Gasteiger partial charge in [0.2, 0.25) is 0 Å². The fraction of sp³-hybridized carbons (Fsp3) is 0.300. The molecule has 1 aliphatic rings. The van der Waals surface area contributed by atoms with Crippen molar-refractivity contribution < 1.29 is 23.9 Å². The molecule has 0 spiro atoms. The van der Waals surface area contributed by atoms with Crippen molar-refractivity contribution in [3.8, 4) is 0 Å². The number of amides is 2. The molecule has 0 bridgehead atoms. The van der Waals surface area contributed by atoms with Crippen LogP contribution in [0.4, 0.5) is 5.69 Å². The SMILES string of the molecule is O=C(COC(=O)CCC(=O)c1cccs1)Nc1ccccc1C(=O)NC1CC1. The highest BCUT2D eigenvalue weighted by molar-refractivity contribution is 7.12. The quantitative estimate of drug-likeness (QED) is 0.498. The van der Waals surface area contributed by atoms with Gasteiger partial charge < -0.3 is 15.4 Å². The molecule has 1 saturated carbocycles. The van der Waals surface area contributed by atoms with Gasteiger partial charge in [-0.1, -0.05) is 18.2 Å². The van der Waals surface area contributed by atoms with Crippen LogP contribution < -0.4 is 10.6 Å². The lowest BCUT2D eigenvalue weighted by atomic mass is 10.1. The third-order valence-corrected chi connectivity index (χ3v) is 4.99. The molecule has 1 aromatic heterocycles. The van der Waals surface area contributed by atoms with E-state index in [2.05, 4.69) is 10.6 Å². The van der Waals surface area contributed by atoms with E-state index in [-0.39, 0.29) is 30.6 Å². The lowest BCUT2D eigenvalue weighted by molar-refractivity contribution is -0.147. The standard InChI is InChI=1S/C20H20N2O5S/c23-16(17-6-3-11-28-17)9-10-19(25)27-12-18(24)22-15-5-2-1-4-14(15)20(26)21-13-7-8-13/h1-6,11,13H,7-10,12H2,(H,21,26)(H,22,24). The molecule has 2 amide bonds. The number of hydrogen-bond acceptors (Lipinski definition) is 6. The smallest absolute Gasteiger partial charge is 0.306 e. The van der Waals surface area contributed by atoms with Crippen LogP contribution in [-0.4, -0.2) is 36.2 Å². The Bertz CT molecular complexity index is 874. The molecule has 1 fully saturated rings. The Labute approximate surface area is 166 Å². The van der Waals surface area contributed by atoms with Crippen LogP contribution in [-0.2, 0) is 14.3 Å². The minimum absolute atomic E-state index is 0.0329. The molecule has 3 rings (SSSR count). The van der Waals surface area contributed by atoms with Crippen molar-refractivity contribution in [3.05, 3.63) is 52.2 Å². The summed E-state index contributed by atoms with van der Waals surface area (Å²) >= 11 is 1.31. The third kappa shape index (κ3) is 5.75. The normalized spacial score (nSPS) is 12.9. The van der Waals surface area contributed by atoms with Gasteiger partial charge in [0.1, 0.15) is 0 Å². The van der Waals surface area contributed by atoms with Crippen LogP contribution in [0.15, 0.2) is 41.8 Å². The summed E-state index contributed by atoms with van der Waals surface area (Å²) in [5.74, 6) is -1.56. The van der Waals surface area contributed by atoms with E-state index >= 15 is 0 Å². The Kier molecular flexibility index (Phi) is 6.54. The van der Waals surface area contributed by atoms with Crippen LogP contribution in [0, 0.1) is 0 Å². The van der Waals surface area contributed by atoms with Crippen LogP contribution in [0.1, 0.15) is 45.7 Å². The monoisotopic (exact) mass is 400 g/mol. The molecule has 0 unspecified atom stereocenters. The van der Waals surface area contributed by atoms with Crippen molar-refractivity contribution in [2.24, 2.45) is 0 Å². The highest BCUT2D eigenvalue weighted by Gasteiger charge is 2.25. The summed E-state index contributed by atoms with van der Waals surface area (Å²) in [5, 5.41) is 7.24. The number of para-hydroxylation sites is 1. The van der Waals surface area contributed by atoms with Crippen LogP contribution in [0.25, 0.3) is 0 Å². The molecule has 1 aliphatic carbocycles. The van der Waals surface area contributed by atoms with Gasteiger partial charge in [0.25, 0.3) is 11.8 Å². The van der Waals surface area contributed by atoms with Gasteiger partial charge in [0.15, 0.2) is 12.4 Å². The number of rotatable bonds is 9. The molecule has 0 aliphatic heterocycles. The van der Waals surface area contributed by atoms with E-state index in [1.165, 1.54) is 11.3 Å². The van der Waals surface area contributed by atoms with Crippen molar-refractivity contribution in [3.63, 3.8) is 0 Å². The van der Waals surface area contributed by atoms with Crippen molar-refractivity contribution in [1.29, 1.82) is 0 Å². The minimum Gasteiger partial charge on any atom is -0.456 e. The Morgan fingerprint density at radius 2 is 1.82 bits per heavy atom. The molecule has 0 atom stereocenters. The van der Waals surface area contributed by atoms with Crippen molar-refractivity contribution >= 4 is 40.6 Å². The average Bonchev–Trinajstić information content (AvgIpc) is 3.32. The molecule has 1 aromatic carbocycles. The number of anilines is 1. The fourth-order valence-corrected chi connectivity index (χ4v) is 3.16. The molecule has 28 heavy (non-hydrogen) atoms. The number of carbonyl (C=O) groups is 4. The number of benzene rings is 1. The highest BCUT2D eigenvalue weighted by Crippen LogP contribution is 2.21. The van der Waals surface area contributed by atoms with Gasteiger partial charge >= 0.3 is 5.97 Å². The van der Waals surface area contributed by atoms with Gasteiger partial charge in [-0.3, -0.25) is 19.2 Å². The zero-order chi connectivity index (χ0) is 19.9. The lowest BCUT2D eigenvalue weighted by Crippen LogP contribution is -2.28. The zero-order valence-corrected chi connectivity index (χ0v) is 15.9. The summed E-state index contributed by atoms with van der Waals surface area (Å²) in [6.45, 7) is -0.482. The summed E-state index contributed by atoms with van der Waals surface area (Å²) in [4.78, 5) is 48.5. The van der Waals surface area contributed by atoms with Gasteiger partial charge in [0, 0.05) is 12.5 Å². The van der Waals surface area contributed by atoms with E-state index in [9.17, 15) is 19.2 Å². The van der Waals surface area contributed by atoms with E-state index in [1.54, 1.807) is 41.8 Å². The van der Waals surface area contributed by atoms with Crippen LogP contribution in [0.5, 0.6) is 0 Å². The molecule has 8 heteroatoms. The van der Waals surface area contributed by atoms with Crippen LogP contribution in [0.2, 0.25) is 0 Å². The maximum Gasteiger partial charge on any atom is 0.306 e. The summed E-state index contributed by atoms with van der Waals surface area (Å²) in [6, 6.07) is 10.3. The zero-order valence-electron chi connectivity index (χ0n) is 15.1. The minimum atomic E-state index is -0.625. The molecule has 0 saturated heterocycles. The highest BCUT2D eigenvalue weighted by atomic mass is 32.1. The number of hydrogen-bond donors (Lipinski definition) is 2. The van der Waals surface area contributed by atoms with E-state index in [0.717, 1.165) is 12.8 Å². The van der Waals surface area contributed by atoms with E-state index < -0.39 is 18.5 Å². The molecule has 0 radical (unpaired) electrons.